The topological polar surface area (TPSA) is 66.5 Å². The molecule has 0 saturated heterocycles. The summed E-state index contributed by atoms with van der Waals surface area (Å²) in [4.78, 5) is 14.2. The molecule has 1 aromatic carbocycles. The van der Waals surface area contributed by atoms with Gasteiger partial charge < -0.3 is 10.2 Å². The highest BCUT2D eigenvalue weighted by Gasteiger charge is 2.20. The first kappa shape index (κ1) is 18.6. The van der Waals surface area contributed by atoms with Gasteiger partial charge in [-0.2, -0.15) is 0 Å². The second-order valence-electron chi connectivity index (χ2n) is 6.85. The van der Waals surface area contributed by atoms with E-state index in [1.807, 2.05) is 14.1 Å². The molecule has 5 nitrogen and oxygen atoms in total. The second-order valence-corrected chi connectivity index (χ2v) is 8.99. The van der Waals surface area contributed by atoms with Crippen molar-refractivity contribution in [3.8, 4) is 0 Å². The van der Waals surface area contributed by atoms with Crippen LogP contribution in [0.25, 0.3) is 0 Å². The number of carbonyl (C=O) groups excluding carboxylic acids is 1. The third kappa shape index (κ3) is 7.04. The van der Waals surface area contributed by atoms with Gasteiger partial charge in [-0.05, 0) is 37.2 Å². The van der Waals surface area contributed by atoms with Gasteiger partial charge in [0.2, 0.25) is 0 Å². The highest BCUT2D eigenvalue weighted by molar-refractivity contribution is 7.89. The predicted molar refractivity (Wildman–Crippen MR) is 89.7 cm³/mol. The van der Waals surface area contributed by atoms with Crippen molar-refractivity contribution in [3.63, 3.8) is 0 Å². The Morgan fingerprint density at radius 1 is 1.18 bits per heavy atom. The predicted octanol–water partition coefficient (Wildman–Crippen LogP) is 1.55. The minimum Gasteiger partial charge on any atom is -0.351 e. The number of rotatable bonds is 7. The third-order valence-electron chi connectivity index (χ3n) is 3.12. The molecule has 124 valence electrons. The Kier molecular flexibility index (Phi) is 6.14. The molecule has 0 saturated carbocycles. The molecular formula is C16H26N2O3S. The summed E-state index contributed by atoms with van der Waals surface area (Å²) in [5.41, 5.74) is 1.21. The Bertz CT molecular complexity index is 605. The molecule has 0 unspecified atom stereocenters. The van der Waals surface area contributed by atoms with Gasteiger partial charge in [0.05, 0.1) is 5.75 Å². The Labute approximate surface area is 133 Å². The molecule has 0 spiro atoms. The van der Waals surface area contributed by atoms with Gasteiger partial charge in [-0.1, -0.05) is 26.0 Å². The summed E-state index contributed by atoms with van der Waals surface area (Å²) in [6, 6.07) is 6.69. The zero-order chi connectivity index (χ0) is 17.0. The summed E-state index contributed by atoms with van der Waals surface area (Å²) in [7, 11) is 0.951. The monoisotopic (exact) mass is 326 g/mol. The summed E-state index contributed by atoms with van der Waals surface area (Å²) in [6.45, 7) is 5.65. The van der Waals surface area contributed by atoms with E-state index in [9.17, 15) is 13.2 Å². The van der Waals surface area contributed by atoms with E-state index >= 15 is 0 Å². The number of hydrogen-bond acceptors (Lipinski definition) is 4. The summed E-state index contributed by atoms with van der Waals surface area (Å²) in [5.74, 6) is -0.150. The molecule has 0 heterocycles. The number of benzene rings is 1. The lowest BCUT2D eigenvalue weighted by Gasteiger charge is -2.28. The van der Waals surface area contributed by atoms with Crippen LogP contribution in [-0.2, 0) is 15.6 Å². The van der Waals surface area contributed by atoms with Crippen LogP contribution in [0, 0.1) is 5.41 Å². The molecule has 1 N–H and O–H groups in total. The van der Waals surface area contributed by atoms with Gasteiger partial charge in [0.15, 0.2) is 9.84 Å². The van der Waals surface area contributed by atoms with Crippen molar-refractivity contribution in [1.29, 1.82) is 0 Å². The van der Waals surface area contributed by atoms with E-state index in [-0.39, 0.29) is 17.1 Å². The van der Waals surface area contributed by atoms with Crippen molar-refractivity contribution in [2.24, 2.45) is 5.41 Å². The molecule has 0 radical (unpaired) electrons. The standard InChI is InChI=1S/C16H26N2O3S/c1-16(2,12-18(3)4)11-17-15(19)14-8-6-13(7-9-14)10-22(5,20)21/h6-9H,10-12H2,1-5H3,(H,17,19). The molecule has 0 fully saturated rings. The van der Waals surface area contributed by atoms with Crippen molar-refractivity contribution in [3.05, 3.63) is 35.4 Å². The highest BCUT2D eigenvalue weighted by Crippen LogP contribution is 2.15. The Morgan fingerprint density at radius 3 is 2.18 bits per heavy atom. The van der Waals surface area contributed by atoms with Crippen LogP contribution in [0.2, 0.25) is 0 Å². The van der Waals surface area contributed by atoms with E-state index < -0.39 is 9.84 Å². The quantitative estimate of drug-likeness (QED) is 0.825. The summed E-state index contributed by atoms with van der Waals surface area (Å²) in [5, 5.41) is 2.93. The fourth-order valence-electron chi connectivity index (χ4n) is 2.39. The number of sulfone groups is 1. The van der Waals surface area contributed by atoms with Crippen LogP contribution in [0.3, 0.4) is 0 Å². The molecule has 6 heteroatoms. The fourth-order valence-corrected chi connectivity index (χ4v) is 3.19. The normalized spacial score (nSPS) is 12.5. The summed E-state index contributed by atoms with van der Waals surface area (Å²) in [6.07, 6.45) is 1.19. The molecule has 1 aromatic rings. The molecule has 0 aliphatic heterocycles. The molecule has 1 rings (SSSR count). The molecule has 0 atom stereocenters. The first-order valence-corrected chi connectivity index (χ1v) is 9.24. The highest BCUT2D eigenvalue weighted by atomic mass is 32.2. The minimum atomic E-state index is -3.06. The summed E-state index contributed by atoms with van der Waals surface area (Å²) >= 11 is 0. The van der Waals surface area contributed by atoms with E-state index in [0.29, 0.717) is 17.7 Å². The number of nitrogens with one attached hydrogen (secondary N) is 1. The third-order valence-corrected chi connectivity index (χ3v) is 3.97. The Hall–Kier alpha value is -1.40. The van der Waals surface area contributed by atoms with Crippen LogP contribution in [0.1, 0.15) is 29.8 Å². The number of carbonyl (C=O) groups is 1. The van der Waals surface area contributed by atoms with E-state index in [1.54, 1.807) is 24.3 Å². The van der Waals surface area contributed by atoms with Crippen molar-refractivity contribution < 1.29 is 13.2 Å². The maximum atomic E-state index is 12.1. The zero-order valence-corrected chi connectivity index (χ0v) is 14.8. The average Bonchev–Trinajstić information content (AvgIpc) is 2.33. The van der Waals surface area contributed by atoms with Gasteiger partial charge in [0.1, 0.15) is 0 Å². The summed E-state index contributed by atoms with van der Waals surface area (Å²) < 4.78 is 22.5. The number of amides is 1. The molecule has 0 aliphatic carbocycles. The van der Waals surface area contributed by atoms with Gasteiger partial charge in [0, 0.05) is 24.9 Å². The molecule has 22 heavy (non-hydrogen) atoms. The average molecular weight is 326 g/mol. The van der Waals surface area contributed by atoms with Crippen LogP contribution in [0.4, 0.5) is 0 Å². The molecule has 0 aliphatic rings. The van der Waals surface area contributed by atoms with E-state index in [2.05, 4.69) is 24.1 Å². The Morgan fingerprint density at radius 2 is 1.73 bits per heavy atom. The van der Waals surface area contributed by atoms with Crippen molar-refractivity contribution >= 4 is 15.7 Å². The van der Waals surface area contributed by atoms with Gasteiger partial charge in [-0.25, -0.2) is 8.42 Å². The first-order valence-electron chi connectivity index (χ1n) is 7.18. The molecule has 1 amide bonds. The van der Waals surface area contributed by atoms with E-state index in [0.717, 1.165) is 6.54 Å². The molecule has 0 aromatic heterocycles. The minimum absolute atomic E-state index is 0.00916. The van der Waals surface area contributed by atoms with Crippen LogP contribution in [-0.4, -0.2) is 52.7 Å². The zero-order valence-electron chi connectivity index (χ0n) is 14.0. The lowest BCUT2D eigenvalue weighted by Crippen LogP contribution is -2.39. The van der Waals surface area contributed by atoms with Crippen molar-refractivity contribution in [2.75, 3.05) is 33.4 Å². The van der Waals surface area contributed by atoms with Crippen molar-refractivity contribution in [2.45, 2.75) is 19.6 Å². The second kappa shape index (κ2) is 7.24. The molecular weight excluding hydrogens is 300 g/mol. The maximum absolute atomic E-state index is 12.1. The fraction of sp³-hybridized carbons (Fsp3) is 0.562. The van der Waals surface area contributed by atoms with E-state index in [4.69, 9.17) is 0 Å². The SMILES string of the molecule is CN(C)CC(C)(C)CNC(=O)c1ccc(CS(C)(=O)=O)cc1. The number of nitrogens with zero attached hydrogens (tertiary/aromatic N) is 1. The smallest absolute Gasteiger partial charge is 0.251 e. The van der Waals surface area contributed by atoms with Crippen LogP contribution in [0.15, 0.2) is 24.3 Å². The van der Waals surface area contributed by atoms with Gasteiger partial charge in [0.25, 0.3) is 5.91 Å². The van der Waals surface area contributed by atoms with Crippen molar-refractivity contribution in [1.82, 2.24) is 10.2 Å². The maximum Gasteiger partial charge on any atom is 0.251 e. The van der Waals surface area contributed by atoms with Crippen LogP contribution in [0.5, 0.6) is 0 Å². The lowest BCUT2D eigenvalue weighted by molar-refractivity contribution is 0.0929. The van der Waals surface area contributed by atoms with Crippen LogP contribution < -0.4 is 5.32 Å². The molecule has 0 bridgehead atoms. The first-order chi connectivity index (χ1) is 9.98. The Balaban J connectivity index is 2.63. The van der Waals surface area contributed by atoms with Gasteiger partial charge >= 0.3 is 0 Å². The number of hydrogen-bond donors (Lipinski definition) is 1. The van der Waals surface area contributed by atoms with Gasteiger partial charge in [-0.3, -0.25) is 4.79 Å². The lowest BCUT2D eigenvalue weighted by atomic mass is 9.93. The van der Waals surface area contributed by atoms with Crippen LogP contribution >= 0.6 is 0 Å². The largest absolute Gasteiger partial charge is 0.351 e. The van der Waals surface area contributed by atoms with E-state index in [1.165, 1.54) is 6.26 Å². The van der Waals surface area contributed by atoms with Gasteiger partial charge in [-0.15, -0.1) is 0 Å².